The minimum absolute atomic E-state index is 0.267. The zero-order valence-corrected chi connectivity index (χ0v) is 5.82. The van der Waals surface area contributed by atoms with Gasteiger partial charge in [0.15, 0.2) is 0 Å². The van der Waals surface area contributed by atoms with Gasteiger partial charge in [-0.15, -0.1) is 0 Å². The number of β-amino-alcohol motifs (C(OH)–C–C–N with tert-alkyl or cyclic N) is 1. The van der Waals surface area contributed by atoms with Gasteiger partial charge in [0, 0.05) is 0 Å². The highest BCUT2D eigenvalue weighted by molar-refractivity contribution is 4.87. The van der Waals surface area contributed by atoms with Crippen molar-refractivity contribution >= 4 is 0 Å². The summed E-state index contributed by atoms with van der Waals surface area (Å²) in [6.07, 6.45) is -0.434. The van der Waals surface area contributed by atoms with Crippen LogP contribution in [0.2, 0.25) is 0 Å². The van der Waals surface area contributed by atoms with E-state index >= 15 is 0 Å². The summed E-state index contributed by atoms with van der Waals surface area (Å²) in [4.78, 5) is 4.98. The van der Waals surface area contributed by atoms with Gasteiger partial charge in [-0.25, -0.2) is 0 Å². The summed E-state index contributed by atoms with van der Waals surface area (Å²) < 4.78 is 0. The Bertz CT molecular complexity index is 154. The molecule has 1 N–H and O–H groups in total. The molecule has 0 aliphatic carbocycles. The summed E-state index contributed by atoms with van der Waals surface area (Å²) in [7, 11) is 0. The molecule has 0 aromatic heterocycles. The predicted octanol–water partition coefficient (Wildman–Crippen LogP) is -0.493. The molecule has 4 nitrogen and oxygen atoms in total. The number of aliphatic hydroxyl groups excluding tert-OH is 1. The van der Waals surface area contributed by atoms with Crippen molar-refractivity contribution in [1.29, 1.82) is 5.26 Å². The summed E-state index contributed by atoms with van der Waals surface area (Å²) in [5, 5.41) is 18.9. The largest absolute Gasteiger partial charge is 0.389 e. The Morgan fingerprint density at radius 2 is 2.60 bits per heavy atom. The number of nitrogens with zero attached hydrogens (tertiary/aromatic N) is 2. The second kappa shape index (κ2) is 2.97. The lowest BCUT2D eigenvalue weighted by atomic mass is 10.3. The first-order valence-electron chi connectivity index (χ1n) is 3.21. The van der Waals surface area contributed by atoms with E-state index in [1.807, 2.05) is 6.07 Å². The molecule has 1 heterocycles. The van der Waals surface area contributed by atoms with Gasteiger partial charge in [0.25, 0.3) is 0 Å². The quantitative estimate of drug-likeness (QED) is 0.536. The molecule has 1 rings (SSSR count). The molecule has 1 aliphatic rings. The second-order valence-electron chi connectivity index (χ2n) is 2.35. The maximum atomic E-state index is 8.97. The molecule has 10 heavy (non-hydrogen) atoms. The number of hydrogen-bond donors (Lipinski definition) is 1. The van der Waals surface area contributed by atoms with Crippen LogP contribution < -0.4 is 0 Å². The summed E-state index contributed by atoms with van der Waals surface area (Å²) in [6.45, 7) is 2.48. The number of nitriles is 1. The van der Waals surface area contributed by atoms with Crippen LogP contribution in [0.3, 0.4) is 0 Å². The van der Waals surface area contributed by atoms with Crippen LogP contribution in [0.5, 0.6) is 0 Å². The van der Waals surface area contributed by atoms with Gasteiger partial charge in [0.1, 0.15) is 6.04 Å². The Balaban J connectivity index is 2.39. The van der Waals surface area contributed by atoms with Crippen LogP contribution in [0.1, 0.15) is 6.92 Å². The normalized spacial score (nSPS) is 29.9. The van der Waals surface area contributed by atoms with Crippen molar-refractivity contribution in [3.05, 3.63) is 0 Å². The Hall–Kier alpha value is -0.630. The van der Waals surface area contributed by atoms with Gasteiger partial charge in [0.2, 0.25) is 0 Å². The van der Waals surface area contributed by atoms with E-state index in [0.29, 0.717) is 13.2 Å². The van der Waals surface area contributed by atoms with Gasteiger partial charge >= 0.3 is 0 Å². The maximum Gasteiger partial charge on any atom is 0.119 e. The van der Waals surface area contributed by atoms with Gasteiger partial charge in [-0.3, -0.25) is 4.84 Å². The molecule has 56 valence electrons. The molecule has 2 atom stereocenters. The number of aliphatic hydroxyl groups is 1. The van der Waals surface area contributed by atoms with Crippen LogP contribution in [-0.4, -0.2) is 35.5 Å². The summed E-state index contributed by atoms with van der Waals surface area (Å²) >= 11 is 0. The lowest BCUT2D eigenvalue weighted by Gasteiger charge is -2.14. The van der Waals surface area contributed by atoms with E-state index in [2.05, 4.69) is 0 Å². The standard InChI is InChI=1S/C6H10N2O2/c1-5(2-7)8-3-6(9)4-10-8/h5-6,9H,3-4H2,1H3/t5?,6-/m1/s1. The topological polar surface area (TPSA) is 56.5 Å². The molecule has 0 radical (unpaired) electrons. The van der Waals surface area contributed by atoms with Crippen molar-refractivity contribution < 1.29 is 9.94 Å². The molecule has 0 spiro atoms. The van der Waals surface area contributed by atoms with Gasteiger partial charge in [0.05, 0.1) is 25.3 Å². The van der Waals surface area contributed by atoms with Gasteiger partial charge in [-0.2, -0.15) is 10.3 Å². The molecule has 1 fully saturated rings. The van der Waals surface area contributed by atoms with Crippen molar-refractivity contribution in [2.45, 2.75) is 19.1 Å². The third-order valence-corrected chi connectivity index (χ3v) is 1.44. The van der Waals surface area contributed by atoms with Crippen LogP contribution in [0.4, 0.5) is 0 Å². The third kappa shape index (κ3) is 1.45. The zero-order valence-electron chi connectivity index (χ0n) is 5.82. The van der Waals surface area contributed by atoms with E-state index in [0.717, 1.165) is 0 Å². The smallest absolute Gasteiger partial charge is 0.119 e. The average Bonchev–Trinajstić information content (AvgIpc) is 2.34. The molecular formula is C6H10N2O2. The third-order valence-electron chi connectivity index (χ3n) is 1.44. The van der Waals surface area contributed by atoms with E-state index in [1.54, 1.807) is 6.92 Å². The van der Waals surface area contributed by atoms with Crippen LogP contribution in [-0.2, 0) is 4.84 Å². The maximum absolute atomic E-state index is 8.97. The lowest BCUT2D eigenvalue weighted by molar-refractivity contribution is -0.123. The molecule has 1 aliphatic heterocycles. The van der Waals surface area contributed by atoms with Gasteiger partial charge in [-0.05, 0) is 6.92 Å². The highest BCUT2D eigenvalue weighted by Crippen LogP contribution is 2.08. The number of hydroxylamine groups is 2. The number of hydrogen-bond acceptors (Lipinski definition) is 4. The Morgan fingerprint density at radius 1 is 1.90 bits per heavy atom. The molecule has 0 bridgehead atoms. The van der Waals surface area contributed by atoms with Gasteiger partial charge < -0.3 is 5.11 Å². The van der Waals surface area contributed by atoms with Crippen molar-refractivity contribution in [3.8, 4) is 6.07 Å². The first-order chi connectivity index (χ1) is 4.74. The molecule has 4 heteroatoms. The van der Waals surface area contributed by atoms with Crippen LogP contribution in [0.15, 0.2) is 0 Å². The molecule has 1 saturated heterocycles. The minimum atomic E-state index is -0.434. The summed E-state index contributed by atoms with van der Waals surface area (Å²) in [6, 6.07) is 1.75. The van der Waals surface area contributed by atoms with Crippen molar-refractivity contribution in [1.82, 2.24) is 5.06 Å². The van der Waals surface area contributed by atoms with Crippen LogP contribution in [0.25, 0.3) is 0 Å². The zero-order chi connectivity index (χ0) is 7.56. The number of rotatable bonds is 1. The predicted molar refractivity (Wildman–Crippen MR) is 33.7 cm³/mol. The molecule has 0 aromatic carbocycles. The van der Waals surface area contributed by atoms with Crippen molar-refractivity contribution in [2.75, 3.05) is 13.2 Å². The average molecular weight is 142 g/mol. The minimum Gasteiger partial charge on any atom is -0.389 e. The van der Waals surface area contributed by atoms with Gasteiger partial charge in [-0.1, -0.05) is 0 Å². The van der Waals surface area contributed by atoms with E-state index in [4.69, 9.17) is 15.2 Å². The van der Waals surface area contributed by atoms with E-state index in [-0.39, 0.29) is 6.04 Å². The monoisotopic (exact) mass is 142 g/mol. The Kier molecular flexibility index (Phi) is 2.22. The fraction of sp³-hybridized carbons (Fsp3) is 0.833. The van der Waals surface area contributed by atoms with Crippen LogP contribution in [0, 0.1) is 11.3 Å². The van der Waals surface area contributed by atoms with Crippen molar-refractivity contribution in [3.63, 3.8) is 0 Å². The second-order valence-corrected chi connectivity index (χ2v) is 2.35. The van der Waals surface area contributed by atoms with Crippen LogP contribution >= 0.6 is 0 Å². The first-order valence-corrected chi connectivity index (χ1v) is 3.21. The fourth-order valence-corrected chi connectivity index (χ4v) is 0.829. The SMILES string of the molecule is CC(C#N)N1C[C@@H](O)CO1. The molecule has 0 aromatic rings. The lowest BCUT2D eigenvalue weighted by Crippen LogP contribution is -2.29. The molecule has 0 amide bonds. The van der Waals surface area contributed by atoms with Crippen molar-refractivity contribution in [2.24, 2.45) is 0 Å². The van der Waals surface area contributed by atoms with E-state index in [9.17, 15) is 0 Å². The highest BCUT2D eigenvalue weighted by atomic mass is 16.7. The summed E-state index contributed by atoms with van der Waals surface area (Å²) in [5.41, 5.74) is 0. The van der Waals surface area contributed by atoms with E-state index in [1.165, 1.54) is 5.06 Å². The first kappa shape index (κ1) is 7.48. The molecule has 1 unspecified atom stereocenters. The summed E-state index contributed by atoms with van der Waals surface area (Å²) in [5.74, 6) is 0. The van der Waals surface area contributed by atoms with E-state index < -0.39 is 6.10 Å². The Morgan fingerprint density at radius 3 is 3.00 bits per heavy atom. The fourth-order valence-electron chi connectivity index (χ4n) is 0.829. The highest BCUT2D eigenvalue weighted by Gasteiger charge is 2.25. The Labute approximate surface area is 59.6 Å². The molecular weight excluding hydrogens is 132 g/mol. The molecule has 0 saturated carbocycles.